The summed E-state index contributed by atoms with van der Waals surface area (Å²) in [6.07, 6.45) is 0.869. The van der Waals surface area contributed by atoms with Crippen molar-refractivity contribution in [2.45, 2.75) is 25.3 Å². The molecule has 0 saturated carbocycles. The van der Waals surface area contributed by atoms with E-state index in [9.17, 15) is 13.2 Å². The van der Waals surface area contributed by atoms with Crippen molar-refractivity contribution in [2.24, 2.45) is 0 Å². The van der Waals surface area contributed by atoms with Crippen LogP contribution in [0.15, 0.2) is 22.7 Å². The molecule has 1 atom stereocenters. The fraction of sp³-hybridized carbons (Fsp3) is 0.471. The lowest BCUT2D eigenvalue weighted by Crippen LogP contribution is -2.35. The molecule has 1 fully saturated rings. The van der Waals surface area contributed by atoms with E-state index in [1.165, 1.54) is 7.11 Å². The van der Waals surface area contributed by atoms with Gasteiger partial charge in [-0.15, -0.1) is 0 Å². The molecule has 1 aromatic carbocycles. The van der Waals surface area contributed by atoms with Crippen LogP contribution in [0.1, 0.15) is 18.7 Å². The summed E-state index contributed by atoms with van der Waals surface area (Å²) in [5, 5.41) is 6.66. The van der Waals surface area contributed by atoms with Gasteiger partial charge >= 0.3 is 0 Å². The van der Waals surface area contributed by atoms with E-state index in [2.05, 4.69) is 15.5 Å². The van der Waals surface area contributed by atoms with E-state index < -0.39 is 9.84 Å². The number of amides is 1. The van der Waals surface area contributed by atoms with Gasteiger partial charge in [-0.2, -0.15) is 4.98 Å². The topological polar surface area (TPSA) is 121 Å². The molecule has 2 aromatic rings. The third kappa shape index (κ3) is 4.76. The summed E-state index contributed by atoms with van der Waals surface area (Å²) in [6, 6.07) is 4.95. The number of aromatic nitrogens is 2. The van der Waals surface area contributed by atoms with E-state index in [1.54, 1.807) is 25.3 Å². The molecule has 0 bridgehead atoms. The highest BCUT2D eigenvalue weighted by Gasteiger charge is 2.28. The summed E-state index contributed by atoms with van der Waals surface area (Å²) in [4.78, 5) is 16.3. The zero-order valence-corrected chi connectivity index (χ0v) is 15.9. The number of carbonyl (C=O) groups excluding carboxylic acids is 1. The van der Waals surface area contributed by atoms with Gasteiger partial charge < -0.3 is 19.3 Å². The van der Waals surface area contributed by atoms with Gasteiger partial charge in [0.25, 0.3) is 0 Å². The first-order chi connectivity index (χ1) is 12.9. The third-order valence-electron chi connectivity index (χ3n) is 4.27. The summed E-state index contributed by atoms with van der Waals surface area (Å²) in [7, 11) is 0.0697. The number of nitrogens with zero attached hydrogens (tertiary/aromatic N) is 2. The summed E-state index contributed by atoms with van der Waals surface area (Å²) < 4.78 is 38.5. The Bertz CT molecular complexity index is 925. The number of carbonyl (C=O) groups is 1. The van der Waals surface area contributed by atoms with Gasteiger partial charge in [-0.25, -0.2) is 8.42 Å². The highest BCUT2D eigenvalue weighted by Crippen LogP contribution is 2.31. The van der Waals surface area contributed by atoms with Crippen molar-refractivity contribution in [3.8, 4) is 22.9 Å². The van der Waals surface area contributed by atoms with Crippen LogP contribution in [0.5, 0.6) is 11.5 Å². The number of methoxy groups -OCH3 is 2. The first kappa shape index (κ1) is 19.2. The van der Waals surface area contributed by atoms with E-state index in [0.29, 0.717) is 35.2 Å². The Kier molecular flexibility index (Phi) is 5.64. The van der Waals surface area contributed by atoms with Gasteiger partial charge in [0, 0.05) is 24.4 Å². The molecule has 1 unspecified atom stereocenters. The molecule has 9 nitrogen and oxygen atoms in total. The number of rotatable bonds is 7. The van der Waals surface area contributed by atoms with Crippen LogP contribution < -0.4 is 14.8 Å². The standard InChI is InChI=1S/C17H21N3O6S/c1-24-13-4-3-11(9-14(13)25-2)17-19-16(26-20-17)6-5-15(21)18-12-7-8-27(22,23)10-12/h3-4,9,12H,5-8,10H2,1-2H3,(H,18,21). The molecule has 146 valence electrons. The third-order valence-corrected chi connectivity index (χ3v) is 6.04. The lowest BCUT2D eigenvalue weighted by atomic mass is 10.2. The minimum absolute atomic E-state index is 0.00273. The molecule has 0 spiro atoms. The predicted octanol–water partition coefficient (Wildman–Crippen LogP) is 0.990. The molecule has 1 aliphatic rings. The number of ether oxygens (including phenoxy) is 2. The fourth-order valence-corrected chi connectivity index (χ4v) is 4.55. The molecular formula is C17H21N3O6S. The lowest BCUT2D eigenvalue weighted by molar-refractivity contribution is -0.121. The maximum absolute atomic E-state index is 12.0. The van der Waals surface area contributed by atoms with Crippen LogP contribution in [0.25, 0.3) is 11.4 Å². The van der Waals surface area contributed by atoms with Crippen molar-refractivity contribution in [1.29, 1.82) is 0 Å². The number of aryl methyl sites for hydroxylation is 1. The Morgan fingerprint density at radius 1 is 1.30 bits per heavy atom. The zero-order valence-electron chi connectivity index (χ0n) is 15.1. The normalized spacial score (nSPS) is 18.2. The summed E-state index contributed by atoms with van der Waals surface area (Å²) in [5.74, 6) is 1.74. The van der Waals surface area contributed by atoms with Crippen molar-refractivity contribution < 1.29 is 27.2 Å². The van der Waals surface area contributed by atoms with Gasteiger partial charge in [-0.3, -0.25) is 4.79 Å². The first-order valence-corrected chi connectivity index (χ1v) is 10.3. The zero-order chi connectivity index (χ0) is 19.4. The average Bonchev–Trinajstić information content (AvgIpc) is 3.25. The molecule has 3 rings (SSSR count). The van der Waals surface area contributed by atoms with E-state index in [-0.39, 0.29) is 36.3 Å². The van der Waals surface area contributed by atoms with Crippen LogP contribution in [-0.2, 0) is 21.1 Å². The monoisotopic (exact) mass is 395 g/mol. The van der Waals surface area contributed by atoms with E-state index in [1.807, 2.05) is 0 Å². The first-order valence-electron chi connectivity index (χ1n) is 8.45. The molecule has 0 radical (unpaired) electrons. The smallest absolute Gasteiger partial charge is 0.227 e. The van der Waals surface area contributed by atoms with Gasteiger partial charge in [0.2, 0.25) is 17.6 Å². The van der Waals surface area contributed by atoms with Crippen molar-refractivity contribution >= 4 is 15.7 Å². The Labute approximate surface area is 157 Å². The van der Waals surface area contributed by atoms with Crippen LogP contribution in [0, 0.1) is 0 Å². The van der Waals surface area contributed by atoms with Crippen molar-refractivity contribution in [1.82, 2.24) is 15.5 Å². The molecule has 2 heterocycles. The maximum atomic E-state index is 12.0. The molecule has 0 aliphatic carbocycles. The molecule has 1 N–H and O–H groups in total. The highest BCUT2D eigenvalue weighted by atomic mass is 32.2. The second-order valence-electron chi connectivity index (χ2n) is 6.25. The molecule has 1 amide bonds. The van der Waals surface area contributed by atoms with Gasteiger partial charge in [0.15, 0.2) is 21.3 Å². The molecule has 27 heavy (non-hydrogen) atoms. The fourth-order valence-electron chi connectivity index (χ4n) is 2.88. The Balaban J connectivity index is 1.57. The van der Waals surface area contributed by atoms with Crippen LogP contribution in [-0.4, -0.2) is 56.2 Å². The molecule has 1 aliphatic heterocycles. The maximum Gasteiger partial charge on any atom is 0.227 e. The minimum Gasteiger partial charge on any atom is -0.493 e. The largest absolute Gasteiger partial charge is 0.493 e. The second-order valence-corrected chi connectivity index (χ2v) is 8.48. The van der Waals surface area contributed by atoms with Gasteiger partial charge in [-0.1, -0.05) is 5.16 Å². The minimum atomic E-state index is -3.02. The van der Waals surface area contributed by atoms with E-state index in [4.69, 9.17) is 14.0 Å². The van der Waals surface area contributed by atoms with Crippen LogP contribution in [0.4, 0.5) is 0 Å². The van der Waals surface area contributed by atoms with E-state index in [0.717, 1.165) is 0 Å². The van der Waals surface area contributed by atoms with Crippen LogP contribution in [0.3, 0.4) is 0 Å². The Morgan fingerprint density at radius 2 is 2.07 bits per heavy atom. The SMILES string of the molecule is COc1ccc(-c2noc(CCC(=O)NC3CCS(=O)(=O)C3)n2)cc1OC. The number of nitrogens with one attached hydrogen (secondary N) is 1. The Hall–Kier alpha value is -2.62. The number of benzene rings is 1. The van der Waals surface area contributed by atoms with E-state index >= 15 is 0 Å². The summed E-state index contributed by atoms with van der Waals surface area (Å²) >= 11 is 0. The van der Waals surface area contributed by atoms with Crippen molar-refractivity contribution in [2.75, 3.05) is 25.7 Å². The van der Waals surface area contributed by atoms with Crippen LogP contribution >= 0.6 is 0 Å². The van der Waals surface area contributed by atoms with Gasteiger partial charge in [-0.05, 0) is 24.6 Å². The molecule has 10 heteroatoms. The molecule has 1 aromatic heterocycles. The average molecular weight is 395 g/mol. The predicted molar refractivity (Wildman–Crippen MR) is 96.4 cm³/mol. The quantitative estimate of drug-likeness (QED) is 0.737. The molecule has 1 saturated heterocycles. The highest BCUT2D eigenvalue weighted by molar-refractivity contribution is 7.91. The second kappa shape index (κ2) is 7.95. The Morgan fingerprint density at radius 3 is 2.74 bits per heavy atom. The van der Waals surface area contributed by atoms with Gasteiger partial charge in [0.05, 0.1) is 25.7 Å². The lowest BCUT2D eigenvalue weighted by Gasteiger charge is -2.09. The van der Waals surface area contributed by atoms with Crippen LogP contribution in [0.2, 0.25) is 0 Å². The molecular weight excluding hydrogens is 374 g/mol. The number of sulfone groups is 1. The summed E-state index contributed by atoms with van der Waals surface area (Å²) in [5.41, 5.74) is 0.697. The summed E-state index contributed by atoms with van der Waals surface area (Å²) in [6.45, 7) is 0. The number of hydrogen-bond acceptors (Lipinski definition) is 8. The van der Waals surface area contributed by atoms with Crippen molar-refractivity contribution in [3.05, 3.63) is 24.1 Å². The van der Waals surface area contributed by atoms with Gasteiger partial charge in [0.1, 0.15) is 0 Å². The van der Waals surface area contributed by atoms with Crippen molar-refractivity contribution in [3.63, 3.8) is 0 Å². The number of hydrogen-bond donors (Lipinski definition) is 1.